The Labute approximate surface area is 108 Å². The van der Waals surface area contributed by atoms with E-state index in [4.69, 9.17) is 17.3 Å². The fraction of sp³-hybridized carbons (Fsp3) is 0.571. The maximum absolute atomic E-state index is 10.1. The van der Waals surface area contributed by atoms with E-state index in [1.807, 2.05) is 19.9 Å². The van der Waals surface area contributed by atoms with Crippen LogP contribution in [0.2, 0.25) is 5.02 Å². The molecule has 1 aromatic carbocycles. The van der Waals surface area contributed by atoms with Crippen molar-refractivity contribution in [3.63, 3.8) is 0 Å². The Morgan fingerprint density at radius 3 is 2.47 bits per heavy atom. The van der Waals surface area contributed by atoms with Crippen LogP contribution in [-0.2, 0) is 5.41 Å². The number of rotatable bonds is 2. The number of phenols is 1. The molecule has 0 bridgehead atoms. The lowest BCUT2D eigenvalue weighted by atomic mass is 9.76. The molecule has 0 saturated heterocycles. The molecule has 17 heavy (non-hydrogen) atoms. The minimum Gasteiger partial charge on any atom is -0.507 e. The maximum atomic E-state index is 10.1. The molecule has 0 aromatic heterocycles. The molecule has 1 saturated carbocycles. The molecule has 1 aromatic rings. The Morgan fingerprint density at radius 1 is 1.35 bits per heavy atom. The number of benzene rings is 1. The lowest BCUT2D eigenvalue weighted by molar-refractivity contribution is 0.434. The van der Waals surface area contributed by atoms with Crippen molar-refractivity contribution >= 4 is 11.6 Å². The van der Waals surface area contributed by atoms with Gasteiger partial charge in [0.2, 0.25) is 0 Å². The van der Waals surface area contributed by atoms with E-state index in [9.17, 15) is 5.11 Å². The first-order valence-electron chi connectivity index (χ1n) is 6.21. The zero-order valence-electron chi connectivity index (χ0n) is 10.5. The van der Waals surface area contributed by atoms with Gasteiger partial charge in [-0.05, 0) is 49.4 Å². The Morgan fingerprint density at radius 2 is 1.94 bits per heavy atom. The smallest absolute Gasteiger partial charge is 0.121 e. The highest BCUT2D eigenvalue weighted by molar-refractivity contribution is 6.31. The average molecular weight is 254 g/mol. The minimum absolute atomic E-state index is 0.0215. The van der Waals surface area contributed by atoms with Crippen LogP contribution in [0.4, 0.5) is 0 Å². The molecule has 0 radical (unpaired) electrons. The van der Waals surface area contributed by atoms with Crippen molar-refractivity contribution in [3.8, 4) is 5.75 Å². The van der Waals surface area contributed by atoms with Gasteiger partial charge in [-0.25, -0.2) is 0 Å². The number of aromatic hydroxyl groups is 1. The first-order valence-corrected chi connectivity index (χ1v) is 6.59. The second kappa shape index (κ2) is 4.51. The van der Waals surface area contributed by atoms with Crippen LogP contribution in [0, 0.1) is 13.8 Å². The minimum atomic E-state index is -0.0215. The summed E-state index contributed by atoms with van der Waals surface area (Å²) >= 11 is 6.39. The van der Waals surface area contributed by atoms with Crippen molar-refractivity contribution in [1.29, 1.82) is 0 Å². The number of hydrogen-bond acceptors (Lipinski definition) is 2. The summed E-state index contributed by atoms with van der Waals surface area (Å²) in [5.74, 6) is 0.365. The van der Waals surface area contributed by atoms with Crippen molar-refractivity contribution in [2.45, 2.75) is 44.9 Å². The summed E-state index contributed by atoms with van der Waals surface area (Å²) in [6.45, 7) is 4.43. The molecule has 0 aliphatic heterocycles. The van der Waals surface area contributed by atoms with Crippen molar-refractivity contribution in [2.24, 2.45) is 5.73 Å². The zero-order chi connectivity index (χ0) is 12.6. The first kappa shape index (κ1) is 12.7. The Hall–Kier alpha value is -0.730. The number of halogens is 1. The van der Waals surface area contributed by atoms with Gasteiger partial charge in [-0.1, -0.05) is 24.4 Å². The summed E-state index contributed by atoms with van der Waals surface area (Å²) in [6, 6.07) is 1.86. The highest BCUT2D eigenvalue weighted by Gasteiger charge is 2.37. The Bertz CT molecular complexity index is 436. The molecule has 0 spiro atoms. The van der Waals surface area contributed by atoms with E-state index >= 15 is 0 Å². The zero-order valence-corrected chi connectivity index (χ0v) is 11.3. The van der Waals surface area contributed by atoms with E-state index in [0.717, 1.165) is 34.6 Å². The largest absolute Gasteiger partial charge is 0.507 e. The first-order chi connectivity index (χ1) is 8.02. The summed E-state index contributed by atoms with van der Waals surface area (Å²) < 4.78 is 0. The molecule has 1 fully saturated rings. The predicted octanol–water partition coefficient (Wildman–Crippen LogP) is 3.43. The molecule has 2 nitrogen and oxygen atoms in total. The number of nitrogens with two attached hydrogens (primary N) is 1. The van der Waals surface area contributed by atoms with Gasteiger partial charge in [0.25, 0.3) is 0 Å². The normalized spacial score (nSPS) is 18.6. The molecule has 3 heteroatoms. The molecule has 1 aliphatic rings. The average Bonchev–Trinajstić information content (AvgIpc) is 2.76. The number of hydrogen-bond donors (Lipinski definition) is 2. The van der Waals surface area contributed by atoms with E-state index in [-0.39, 0.29) is 5.41 Å². The van der Waals surface area contributed by atoms with E-state index in [2.05, 4.69) is 0 Å². The lowest BCUT2D eigenvalue weighted by Gasteiger charge is -2.31. The molecule has 0 amide bonds. The Balaban J connectivity index is 2.62. The molecule has 0 unspecified atom stereocenters. The van der Waals surface area contributed by atoms with Gasteiger partial charge in [-0.15, -0.1) is 0 Å². The molecule has 2 rings (SSSR count). The van der Waals surface area contributed by atoms with E-state index in [1.165, 1.54) is 12.8 Å². The summed E-state index contributed by atoms with van der Waals surface area (Å²) in [6.07, 6.45) is 4.54. The van der Waals surface area contributed by atoms with E-state index in [1.54, 1.807) is 0 Å². The predicted molar refractivity (Wildman–Crippen MR) is 71.8 cm³/mol. The maximum Gasteiger partial charge on any atom is 0.121 e. The van der Waals surface area contributed by atoms with Gasteiger partial charge >= 0.3 is 0 Å². The number of aryl methyl sites for hydroxylation is 1. The summed E-state index contributed by atoms with van der Waals surface area (Å²) in [5, 5.41) is 10.8. The van der Waals surface area contributed by atoms with Gasteiger partial charge in [-0.2, -0.15) is 0 Å². The summed E-state index contributed by atoms with van der Waals surface area (Å²) in [7, 11) is 0. The Kier molecular flexibility index (Phi) is 3.37. The van der Waals surface area contributed by atoms with Crippen molar-refractivity contribution in [2.75, 3.05) is 6.54 Å². The fourth-order valence-electron chi connectivity index (χ4n) is 3.18. The third kappa shape index (κ3) is 1.94. The van der Waals surface area contributed by atoms with E-state index in [0.29, 0.717) is 12.3 Å². The summed E-state index contributed by atoms with van der Waals surface area (Å²) in [5.41, 5.74) is 8.78. The molecule has 94 valence electrons. The fourth-order valence-corrected chi connectivity index (χ4v) is 3.69. The SMILES string of the molecule is Cc1cc(Cl)c(C2(CN)CCCC2)c(C)c1O. The van der Waals surface area contributed by atoms with Crippen LogP contribution in [0.3, 0.4) is 0 Å². The van der Waals surface area contributed by atoms with E-state index < -0.39 is 0 Å². The van der Waals surface area contributed by atoms with Gasteiger partial charge < -0.3 is 10.8 Å². The van der Waals surface area contributed by atoms with Crippen LogP contribution in [-0.4, -0.2) is 11.7 Å². The van der Waals surface area contributed by atoms with Crippen LogP contribution in [0.25, 0.3) is 0 Å². The summed E-state index contributed by atoms with van der Waals surface area (Å²) in [4.78, 5) is 0. The van der Waals surface area contributed by atoms with Crippen LogP contribution >= 0.6 is 11.6 Å². The van der Waals surface area contributed by atoms with Crippen LogP contribution in [0.15, 0.2) is 6.07 Å². The van der Waals surface area contributed by atoms with Gasteiger partial charge in [0.1, 0.15) is 5.75 Å². The third-order valence-electron chi connectivity index (χ3n) is 4.17. The molecule has 1 aliphatic carbocycles. The van der Waals surface area contributed by atoms with Crippen molar-refractivity contribution in [1.82, 2.24) is 0 Å². The second-order valence-electron chi connectivity index (χ2n) is 5.22. The van der Waals surface area contributed by atoms with Gasteiger partial charge in [0, 0.05) is 17.0 Å². The van der Waals surface area contributed by atoms with Crippen LogP contribution < -0.4 is 5.73 Å². The topological polar surface area (TPSA) is 46.2 Å². The van der Waals surface area contributed by atoms with Crippen LogP contribution in [0.1, 0.15) is 42.4 Å². The molecular weight excluding hydrogens is 234 g/mol. The van der Waals surface area contributed by atoms with Gasteiger partial charge in [0.05, 0.1) is 0 Å². The number of phenolic OH excluding ortho intramolecular Hbond substituents is 1. The highest BCUT2D eigenvalue weighted by atomic mass is 35.5. The van der Waals surface area contributed by atoms with Gasteiger partial charge in [-0.3, -0.25) is 0 Å². The second-order valence-corrected chi connectivity index (χ2v) is 5.62. The van der Waals surface area contributed by atoms with Crippen LogP contribution in [0.5, 0.6) is 5.75 Å². The standard InChI is InChI=1S/C14H20ClNO/c1-9-7-11(15)12(10(2)13(9)17)14(8-16)5-3-4-6-14/h7,17H,3-6,8,16H2,1-2H3. The quantitative estimate of drug-likeness (QED) is 0.848. The van der Waals surface area contributed by atoms with Gasteiger partial charge in [0.15, 0.2) is 0 Å². The molecule has 0 atom stereocenters. The van der Waals surface area contributed by atoms with Crippen molar-refractivity contribution in [3.05, 3.63) is 27.8 Å². The lowest BCUT2D eigenvalue weighted by Crippen LogP contribution is -2.33. The highest BCUT2D eigenvalue weighted by Crippen LogP contribution is 2.46. The molecule has 0 heterocycles. The molecule has 3 N–H and O–H groups in total. The van der Waals surface area contributed by atoms with Crippen molar-refractivity contribution < 1.29 is 5.11 Å². The molecular formula is C14H20ClNO. The monoisotopic (exact) mass is 253 g/mol. The third-order valence-corrected chi connectivity index (χ3v) is 4.47.